The molecular weight excluding hydrogens is 182 g/mol. The number of rotatable bonds is 3. The van der Waals surface area contributed by atoms with Gasteiger partial charge in [0.1, 0.15) is 6.50 Å². The van der Waals surface area contributed by atoms with Crippen molar-refractivity contribution >= 4 is 11.9 Å². The molecule has 0 atom stereocenters. The molecule has 0 bridgehead atoms. The van der Waals surface area contributed by atoms with E-state index in [9.17, 15) is 9.59 Å². The molecule has 0 fully saturated rings. The van der Waals surface area contributed by atoms with E-state index < -0.39 is 53.4 Å². The molecule has 0 aliphatic carbocycles. The van der Waals surface area contributed by atoms with Crippen molar-refractivity contribution in [3.05, 3.63) is 35.3 Å². The second-order valence-corrected chi connectivity index (χ2v) is 2.33. The van der Waals surface area contributed by atoms with Gasteiger partial charge in [0.05, 0.1) is 8.22 Å². The molecular formula is C10H11NO3. The first-order chi connectivity index (χ1) is 9.44. The summed E-state index contributed by atoms with van der Waals surface area (Å²) >= 11 is 0. The molecule has 2 N–H and O–H groups in total. The number of carboxylic acids is 1. The van der Waals surface area contributed by atoms with Gasteiger partial charge in [-0.3, -0.25) is 9.59 Å². The second-order valence-electron chi connectivity index (χ2n) is 2.33. The molecule has 0 unspecified atom stereocenters. The minimum atomic E-state index is -3.33. The van der Waals surface area contributed by atoms with Crippen LogP contribution in [-0.4, -0.2) is 23.5 Å². The van der Waals surface area contributed by atoms with Gasteiger partial charge in [0.2, 0.25) is 0 Å². The Hall–Kier alpha value is -1.84. The number of carbonyl (C=O) groups is 2. The molecule has 1 aromatic rings. The van der Waals surface area contributed by atoms with Gasteiger partial charge < -0.3 is 10.4 Å². The summed E-state index contributed by atoms with van der Waals surface area (Å²) in [6, 6.07) is -2.56. The summed E-state index contributed by atoms with van der Waals surface area (Å²) in [7, 11) is 0. The van der Waals surface area contributed by atoms with Crippen LogP contribution in [0.4, 0.5) is 0 Å². The summed E-state index contributed by atoms with van der Waals surface area (Å²) in [6.07, 6.45) is 0. The number of carboxylic acid groups (broad SMARTS) is 1. The smallest absolute Gasteiger partial charge is 0.322 e. The van der Waals surface area contributed by atoms with Gasteiger partial charge >= 0.3 is 5.97 Å². The van der Waals surface area contributed by atoms with E-state index in [1.165, 1.54) is 6.92 Å². The fourth-order valence-electron chi connectivity index (χ4n) is 0.743. The quantitative estimate of drug-likeness (QED) is 0.758. The van der Waals surface area contributed by atoms with Crippen LogP contribution in [0.25, 0.3) is 0 Å². The molecule has 14 heavy (non-hydrogen) atoms. The highest BCUT2D eigenvalue weighted by molar-refractivity contribution is 5.96. The zero-order valence-electron chi connectivity index (χ0n) is 14.2. The van der Waals surface area contributed by atoms with Crippen LogP contribution in [-0.2, 0) is 4.79 Å². The third kappa shape index (κ3) is 2.58. The number of hydrogen-bond donors (Lipinski definition) is 2. The minimum absolute atomic E-state index is 0.190. The van der Waals surface area contributed by atoms with E-state index in [4.69, 9.17) is 14.7 Å². The number of amides is 1. The highest BCUT2D eigenvalue weighted by Crippen LogP contribution is 2.05. The Morgan fingerprint density at radius 1 is 1.64 bits per heavy atom. The molecule has 0 spiro atoms. The van der Waals surface area contributed by atoms with Crippen LogP contribution >= 0.6 is 0 Å². The third-order valence-electron chi connectivity index (χ3n) is 1.34. The zero-order chi connectivity index (χ0) is 16.7. The van der Waals surface area contributed by atoms with Crippen molar-refractivity contribution in [2.75, 3.05) is 6.50 Å². The number of nitrogens with one attached hydrogen (secondary N) is 1. The number of carbonyl (C=O) groups excluding carboxylic acids is 1. The topological polar surface area (TPSA) is 66.4 Å². The first-order valence-electron chi connectivity index (χ1n) is 7.03. The van der Waals surface area contributed by atoms with Crippen molar-refractivity contribution in [2.45, 2.75) is 6.92 Å². The molecule has 1 amide bonds. The highest BCUT2D eigenvalue weighted by atomic mass is 16.4. The number of hydrogen-bond acceptors (Lipinski definition) is 2. The number of benzene rings is 1. The molecule has 4 nitrogen and oxygen atoms in total. The first-order valence-corrected chi connectivity index (χ1v) is 3.58. The minimum Gasteiger partial charge on any atom is -0.480 e. The van der Waals surface area contributed by atoms with E-state index in [0.717, 1.165) is 0 Å². The second kappa shape index (κ2) is 4.41. The lowest BCUT2D eigenvalue weighted by Gasteiger charge is -2.04. The van der Waals surface area contributed by atoms with Crippen LogP contribution in [0.3, 0.4) is 0 Å². The molecule has 1 rings (SSSR count). The molecule has 4 heteroatoms. The van der Waals surface area contributed by atoms with E-state index in [1.807, 2.05) is 0 Å². The van der Waals surface area contributed by atoms with Crippen LogP contribution < -0.4 is 5.31 Å². The average molecular weight is 200 g/mol. The SMILES string of the molecule is [2H]c1c([2H])c([2H])c(C(=O)N([2H])C([2H])([2H])C(=O)O)c(C)c1[2H]. The van der Waals surface area contributed by atoms with E-state index in [1.54, 1.807) is 0 Å². The largest absolute Gasteiger partial charge is 0.480 e. The van der Waals surface area contributed by atoms with Crippen molar-refractivity contribution in [3.8, 4) is 0 Å². The van der Waals surface area contributed by atoms with Crippen molar-refractivity contribution in [1.82, 2.24) is 5.31 Å². The molecule has 0 saturated carbocycles. The molecule has 0 radical (unpaired) electrons. The maximum atomic E-state index is 12.0. The van der Waals surface area contributed by atoms with Crippen LogP contribution in [0.2, 0.25) is 1.41 Å². The van der Waals surface area contributed by atoms with E-state index in [-0.39, 0.29) is 5.56 Å². The predicted molar refractivity (Wildman–Crippen MR) is 51.1 cm³/mol. The Morgan fingerprint density at radius 3 is 2.93 bits per heavy atom. The Balaban J connectivity index is 3.49. The summed E-state index contributed by atoms with van der Waals surface area (Å²) in [4.78, 5) is 22.8. The standard InChI is InChI=1S/C10H11NO3/c1-7-4-2-3-5-8(7)10(14)11-6-9(12)13/h2-5H,6H2,1H3,(H,11,14)(H,12,13)/i2D,3D,4D,5D,6D2/hD. The van der Waals surface area contributed by atoms with Crippen LogP contribution in [0.15, 0.2) is 24.2 Å². The van der Waals surface area contributed by atoms with Crippen LogP contribution in [0.1, 0.15) is 24.1 Å². The maximum Gasteiger partial charge on any atom is 0.322 e. The lowest BCUT2D eigenvalue weighted by atomic mass is 10.1. The maximum absolute atomic E-state index is 12.0. The third-order valence-corrected chi connectivity index (χ3v) is 1.34. The monoisotopic (exact) mass is 200 g/mol. The Labute approximate surface area is 91.5 Å². The molecule has 0 heterocycles. The van der Waals surface area contributed by atoms with Gasteiger partial charge in [-0.05, 0) is 18.5 Å². The van der Waals surface area contributed by atoms with Crippen molar-refractivity contribution in [1.29, 1.82) is 0 Å². The summed E-state index contributed by atoms with van der Waals surface area (Å²) in [5.41, 5.74) is -0.828. The zero-order valence-corrected chi connectivity index (χ0v) is 7.21. The molecule has 0 saturated heterocycles. The molecule has 0 aliphatic rings. The summed E-state index contributed by atoms with van der Waals surface area (Å²) in [6.45, 7) is -2.13. The molecule has 74 valence electrons. The van der Waals surface area contributed by atoms with Gasteiger partial charge in [-0.25, -0.2) is 0 Å². The van der Waals surface area contributed by atoms with Gasteiger partial charge in [0, 0.05) is 5.56 Å². The highest BCUT2D eigenvalue weighted by Gasteiger charge is 2.08. The summed E-state index contributed by atoms with van der Waals surface area (Å²) in [5.74, 6) is -3.53. The van der Waals surface area contributed by atoms with Crippen molar-refractivity contribution < 1.29 is 24.3 Å². The van der Waals surface area contributed by atoms with Crippen molar-refractivity contribution in [3.63, 3.8) is 0 Å². The number of aliphatic carboxylic acids is 1. The Kier molecular flexibility index (Phi) is 1.30. The lowest BCUT2D eigenvalue weighted by molar-refractivity contribution is -0.135. The van der Waals surface area contributed by atoms with Gasteiger partial charge in [0.25, 0.3) is 5.91 Å². The molecule has 0 aliphatic heterocycles. The average Bonchev–Trinajstić information content (AvgIpc) is 2.41. The molecule has 1 aromatic carbocycles. The fraction of sp³-hybridized carbons (Fsp3) is 0.200. The van der Waals surface area contributed by atoms with E-state index in [0.29, 0.717) is 0 Å². The van der Waals surface area contributed by atoms with Gasteiger partial charge in [-0.15, -0.1) is 0 Å². The summed E-state index contributed by atoms with van der Waals surface area (Å²) in [5, 5.41) is 8.20. The first kappa shape index (κ1) is 4.13. The van der Waals surface area contributed by atoms with E-state index in [2.05, 4.69) is 0 Å². The van der Waals surface area contributed by atoms with E-state index >= 15 is 0 Å². The molecule has 0 aromatic heterocycles. The van der Waals surface area contributed by atoms with Crippen LogP contribution in [0, 0.1) is 6.92 Å². The lowest BCUT2D eigenvalue weighted by Crippen LogP contribution is -2.29. The van der Waals surface area contributed by atoms with Crippen LogP contribution in [0.5, 0.6) is 0 Å². The van der Waals surface area contributed by atoms with Gasteiger partial charge in [0.15, 0.2) is 1.41 Å². The Bertz CT molecular complexity index is 603. The van der Waals surface area contributed by atoms with Crippen molar-refractivity contribution in [2.24, 2.45) is 0 Å². The Morgan fingerprint density at radius 2 is 2.29 bits per heavy atom. The normalized spacial score (nSPS) is 17.6. The predicted octanol–water partition coefficient (Wildman–Crippen LogP) is 0.809. The fourth-order valence-corrected chi connectivity index (χ4v) is 0.743. The summed E-state index contributed by atoms with van der Waals surface area (Å²) < 4.78 is 51.7. The van der Waals surface area contributed by atoms with Gasteiger partial charge in [-0.1, -0.05) is 18.1 Å². The van der Waals surface area contributed by atoms with Gasteiger partial charge in [-0.2, -0.15) is 0 Å².